The lowest BCUT2D eigenvalue weighted by molar-refractivity contribution is -0.665. The normalized spacial score (nSPS) is 12.4. The van der Waals surface area contributed by atoms with E-state index in [-0.39, 0.29) is 6.61 Å². The van der Waals surface area contributed by atoms with Gasteiger partial charge in [0.2, 0.25) is 0 Å². The first-order valence-electron chi connectivity index (χ1n) is 10.0. The van der Waals surface area contributed by atoms with E-state index < -0.39 is 6.10 Å². The maximum Gasteiger partial charge on any atom is 0.356 e. The highest BCUT2D eigenvalue weighted by molar-refractivity contribution is 6.35. The van der Waals surface area contributed by atoms with Crippen molar-refractivity contribution in [2.75, 3.05) is 12.3 Å². The maximum absolute atomic E-state index is 10.6. The summed E-state index contributed by atoms with van der Waals surface area (Å²) in [6.45, 7) is 3.50. The second-order valence-corrected chi connectivity index (χ2v) is 8.05. The summed E-state index contributed by atoms with van der Waals surface area (Å²) in [5.74, 6) is 1.14. The Hall–Kier alpha value is -1.95. The van der Waals surface area contributed by atoms with Gasteiger partial charge in [-0.25, -0.2) is 9.13 Å². The minimum Gasteiger partial charge on any atom is -0.489 e. The number of fused-ring (bicyclic) bond motifs is 1. The van der Waals surface area contributed by atoms with Gasteiger partial charge in [0.15, 0.2) is 0 Å². The highest BCUT2D eigenvalue weighted by atomic mass is 35.5. The first-order valence-corrected chi connectivity index (χ1v) is 10.8. The van der Waals surface area contributed by atoms with Crippen molar-refractivity contribution in [3.8, 4) is 5.75 Å². The first kappa shape index (κ1) is 21.8. The molecule has 1 heterocycles. The van der Waals surface area contributed by atoms with Crippen LogP contribution in [0, 0.1) is 0 Å². The average Bonchev–Trinajstić information content (AvgIpc) is 2.96. The molecule has 0 saturated carbocycles. The van der Waals surface area contributed by atoms with Crippen LogP contribution in [0.15, 0.2) is 42.5 Å². The quantitative estimate of drug-likeness (QED) is 0.353. The molecule has 0 fully saturated rings. The van der Waals surface area contributed by atoms with Crippen LogP contribution >= 0.6 is 23.2 Å². The van der Waals surface area contributed by atoms with Gasteiger partial charge in [0.05, 0.1) is 11.6 Å². The zero-order valence-corrected chi connectivity index (χ0v) is 18.2. The number of aryl methyl sites for hydroxylation is 1. The van der Waals surface area contributed by atoms with E-state index in [2.05, 4.69) is 17.6 Å². The number of para-hydroxylation sites is 2. The topological polar surface area (TPSA) is 64.3 Å². The number of rotatable bonds is 10. The van der Waals surface area contributed by atoms with E-state index in [1.165, 1.54) is 19.3 Å². The lowest BCUT2D eigenvalue weighted by Gasteiger charge is -2.13. The number of unbranched alkanes of at least 4 members (excludes halogenated alkanes) is 3. The first-order chi connectivity index (χ1) is 14.0. The number of aliphatic hydroxyl groups is 1. The number of hydrogen-bond donors (Lipinski definition) is 2. The molecule has 29 heavy (non-hydrogen) atoms. The number of hydrogen-bond acceptors (Lipinski definition) is 3. The van der Waals surface area contributed by atoms with E-state index in [0.717, 1.165) is 24.0 Å². The summed E-state index contributed by atoms with van der Waals surface area (Å²) >= 11 is 12.0. The number of aliphatic hydroxyl groups excluding tert-OH is 1. The Labute approximate surface area is 181 Å². The zero-order chi connectivity index (χ0) is 20.8. The van der Waals surface area contributed by atoms with E-state index in [4.69, 9.17) is 33.7 Å². The molecule has 1 unspecified atom stereocenters. The molecule has 7 heteroatoms. The van der Waals surface area contributed by atoms with E-state index in [1.54, 1.807) is 18.2 Å². The van der Waals surface area contributed by atoms with Crippen molar-refractivity contribution < 1.29 is 14.4 Å². The van der Waals surface area contributed by atoms with E-state index in [1.807, 2.05) is 22.8 Å². The van der Waals surface area contributed by atoms with Gasteiger partial charge in [-0.3, -0.25) is 5.73 Å². The average molecular weight is 437 g/mol. The van der Waals surface area contributed by atoms with Gasteiger partial charge in [0.25, 0.3) is 0 Å². The molecule has 0 spiro atoms. The minimum atomic E-state index is -0.742. The number of ether oxygens (including phenoxy) is 1. The van der Waals surface area contributed by atoms with Crippen molar-refractivity contribution in [2.24, 2.45) is 0 Å². The minimum absolute atomic E-state index is 0.101. The van der Waals surface area contributed by atoms with Crippen LogP contribution in [0.5, 0.6) is 5.75 Å². The molecule has 0 radical (unpaired) electrons. The molecule has 0 amide bonds. The third-order valence-electron chi connectivity index (χ3n) is 4.97. The molecule has 156 valence electrons. The molecule has 0 aliphatic carbocycles. The van der Waals surface area contributed by atoms with Gasteiger partial charge in [0, 0.05) is 5.02 Å². The molecule has 5 nitrogen and oxygen atoms in total. The van der Waals surface area contributed by atoms with Crippen molar-refractivity contribution in [1.29, 1.82) is 0 Å². The molecule has 1 atom stereocenters. The molecule has 3 N–H and O–H groups in total. The van der Waals surface area contributed by atoms with Crippen molar-refractivity contribution >= 4 is 40.2 Å². The van der Waals surface area contributed by atoms with Crippen LogP contribution in [0.3, 0.4) is 0 Å². The van der Waals surface area contributed by atoms with Crippen LogP contribution in [0.2, 0.25) is 10.0 Å². The number of aromatic nitrogens is 2. The standard InChI is InChI=1S/C22H27Cl2N3O2/c1-2-3-4-7-12-26-19-8-5-6-9-20(19)27(22(26)25)14-17(28)15-29-21-11-10-16(23)13-18(21)24/h5-6,8-11,13,17,25,28H,2-4,7,12,14-15H2,1H3/p+1. The van der Waals surface area contributed by atoms with E-state index in [0.29, 0.717) is 28.3 Å². The van der Waals surface area contributed by atoms with Crippen LogP contribution in [0.4, 0.5) is 5.95 Å². The molecule has 0 aliphatic rings. The third kappa shape index (κ3) is 5.35. The Morgan fingerprint density at radius 1 is 1.14 bits per heavy atom. The summed E-state index contributed by atoms with van der Waals surface area (Å²) in [5, 5.41) is 11.5. The van der Waals surface area contributed by atoms with Crippen LogP contribution in [-0.2, 0) is 13.1 Å². The van der Waals surface area contributed by atoms with Crippen LogP contribution in [-0.4, -0.2) is 22.4 Å². The molecular weight excluding hydrogens is 409 g/mol. The molecule has 0 saturated heterocycles. The monoisotopic (exact) mass is 436 g/mol. The molecule has 2 aromatic carbocycles. The van der Waals surface area contributed by atoms with Crippen molar-refractivity contribution in [1.82, 2.24) is 4.57 Å². The SMILES string of the molecule is CCCCCCn1c(N)[n+](CC(O)COc2ccc(Cl)cc2Cl)c2ccccc21. The summed E-state index contributed by atoms with van der Waals surface area (Å²) in [5.41, 5.74) is 8.55. The molecule has 0 aliphatic heterocycles. The number of benzene rings is 2. The van der Waals surface area contributed by atoms with Crippen molar-refractivity contribution in [2.45, 2.75) is 51.8 Å². The van der Waals surface area contributed by atoms with Gasteiger partial charge < -0.3 is 9.84 Å². The van der Waals surface area contributed by atoms with Crippen LogP contribution in [0.1, 0.15) is 32.6 Å². The fourth-order valence-corrected chi connectivity index (χ4v) is 3.94. The summed E-state index contributed by atoms with van der Waals surface area (Å²) in [6.07, 6.45) is 3.94. The lowest BCUT2D eigenvalue weighted by atomic mass is 10.2. The van der Waals surface area contributed by atoms with E-state index >= 15 is 0 Å². The number of imidazole rings is 1. The summed E-state index contributed by atoms with van der Waals surface area (Å²) in [6, 6.07) is 13.1. The summed E-state index contributed by atoms with van der Waals surface area (Å²) in [4.78, 5) is 0. The number of anilines is 1. The third-order valence-corrected chi connectivity index (χ3v) is 5.50. The fourth-order valence-electron chi connectivity index (χ4n) is 3.48. The second-order valence-electron chi connectivity index (χ2n) is 7.21. The second kappa shape index (κ2) is 10.2. The number of nitrogens with two attached hydrogens (primary N) is 1. The summed E-state index contributed by atoms with van der Waals surface area (Å²) < 4.78 is 9.76. The van der Waals surface area contributed by atoms with Gasteiger partial charge >= 0.3 is 5.95 Å². The van der Waals surface area contributed by atoms with Crippen LogP contribution in [0.25, 0.3) is 11.0 Å². The maximum atomic E-state index is 10.6. The van der Waals surface area contributed by atoms with Crippen LogP contribution < -0.4 is 15.0 Å². The molecule has 3 aromatic rings. The van der Waals surface area contributed by atoms with Gasteiger partial charge in [0.1, 0.15) is 36.0 Å². The van der Waals surface area contributed by atoms with Gasteiger partial charge in [-0.1, -0.05) is 61.5 Å². The van der Waals surface area contributed by atoms with Crippen molar-refractivity contribution in [3.05, 3.63) is 52.5 Å². The fraction of sp³-hybridized carbons (Fsp3) is 0.409. The smallest absolute Gasteiger partial charge is 0.356 e. The van der Waals surface area contributed by atoms with E-state index in [9.17, 15) is 5.11 Å². The number of halogens is 2. The zero-order valence-electron chi connectivity index (χ0n) is 16.7. The Balaban J connectivity index is 1.72. The molecular formula is C22H28Cl2N3O2+. The van der Waals surface area contributed by atoms with Gasteiger partial charge in [-0.15, -0.1) is 0 Å². The van der Waals surface area contributed by atoms with Gasteiger partial charge in [-0.2, -0.15) is 0 Å². The van der Waals surface area contributed by atoms with Crippen molar-refractivity contribution in [3.63, 3.8) is 0 Å². The lowest BCUT2D eigenvalue weighted by Crippen LogP contribution is -2.43. The number of nitrogen functional groups attached to an aromatic ring is 1. The summed E-state index contributed by atoms with van der Waals surface area (Å²) in [7, 11) is 0. The van der Waals surface area contributed by atoms with Gasteiger partial charge in [-0.05, 0) is 36.8 Å². The Morgan fingerprint density at radius 3 is 2.69 bits per heavy atom. The molecule has 3 rings (SSSR count). The predicted octanol–water partition coefficient (Wildman–Crippen LogP) is 4.84. The molecule has 1 aromatic heterocycles. The number of nitrogens with zero attached hydrogens (tertiary/aromatic N) is 2. The largest absolute Gasteiger partial charge is 0.489 e. The predicted molar refractivity (Wildman–Crippen MR) is 119 cm³/mol. The molecule has 0 bridgehead atoms. The highest BCUT2D eigenvalue weighted by Gasteiger charge is 2.23. The highest BCUT2D eigenvalue weighted by Crippen LogP contribution is 2.27. The Kier molecular flexibility index (Phi) is 7.64. The Morgan fingerprint density at radius 2 is 1.93 bits per heavy atom. The Bertz CT molecular complexity index is 959.